The second-order valence-corrected chi connectivity index (χ2v) is 48.4. The molecule has 1 unspecified atom stereocenters. The van der Waals surface area contributed by atoms with Crippen LogP contribution < -0.4 is 0 Å². The molecule has 0 spiro atoms. The van der Waals surface area contributed by atoms with E-state index in [0.29, 0.717) is 14.8 Å². The summed E-state index contributed by atoms with van der Waals surface area (Å²) in [6.07, 6.45) is 2.64. The monoisotopic (exact) mass is 2280 g/mol. The largest absolute Gasteiger partial charge is 0.342 e. The number of halogens is 9. The van der Waals surface area contributed by atoms with Gasteiger partial charge in [-0.15, -0.1) is 0 Å². The summed E-state index contributed by atoms with van der Waals surface area (Å²) in [7, 11) is -3.44. The summed E-state index contributed by atoms with van der Waals surface area (Å²) in [5.74, 6) is 0. The smallest absolute Gasteiger partial charge is 0.256 e. The minimum atomic E-state index is -3.71. The first-order valence-corrected chi connectivity index (χ1v) is 57.6. The predicted molar refractivity (Wildman–Crippen MR) is 447 cm³/mol. The fraction of sp³-hybridized carbons (Fsp3) is 0.134. The molecule has 95 heavy (non-hydrogen) atoms. The number of benzene rings is 8. The van der Waals surface area contributed by atoms with Crippen LogP contribution in [0.5, 0.6) is 0 Å². The maximum absolute atomic E-state index is 12.1. The van der Waals surface area contributed by atoms with Crippen molar-refractivity contribution >= 4 is 209 Å². The summed E-state index contributed by atoms with van der Waals surface area (Å²) in [5, 5.41) is 19.1. The molecule has 1 aliphatic heterocycles. The maximum atomic E-state index is 12.1. The Bertz CT molecular complexity index is 4780. The second kappa shape index (κ2) is 42.1. The first kappa shape index (κ1) is 85.1. The summed E-state index contributed by atoms with van der Waals surface area (Å²) < 4.78 is 162. The fourth-order valence-corrected chi connectivity index (χ4v) is 25.7. The van der Waals surface area contributed by atoms with Crippen molar-refractivity contribution in [3.63, 3.8) is 0 Å². The molecule has 0 fully saturated rings. The van der Waals surface area contributed by atoms with E-state index in [9.17, 15) is 49.2 Å². The number of aliphatic hydroxyl groups excluding tert-OH is 1. The quantitative estimate of drug-likeness (QED) is 0.0545. The molecule has 1 N–H and O–H groups in total. The van der Waals surface area contributed by atoms with Gasteiger partial charge in [0.25, 0.3) is 5.69 Å². The Balaban J connectivity index is 0.000000284. The zero-order valence-corrected chi connectivity index (χ0v) is 71.9. The molecule has 0 aliphatic carbocycles. The number of sulfone groups is 1. The van der Waals surface area contributed by atoms with Crippen LogP contribution in [0.2, 0.25) is 0 Å². The van der Waals surface area contributed by atoms with Crippen LogP contribution in [0.3, 0.4) is 0 Å². The van der Waals surface area contributed by atoms with Crippen LogP contribution >= 0.6 is 171 Å². The number of pyridine rings is 1. The van der Waals surface area contributed by atoms with Crippen molar-refractivity contribution < 1.29 is 52.2 Å². The molecule has 8 aromatic carbocycles. The van der Waals surface area contributed by atoms with Crippen molar-refractivity contribution in [1.29, 1.82) is 0 Å². The predicted octanol–water partition coefficient (Wildman–Crippen LogP) is 19.4. The zero-order valence-electron chi connectivity index (χ0n) is 52.2. The van der Waals surface area contributed by atoms with Gasteiger partial charge >= 0.3 is 122 Å². The third-order valence-electron chi connectivity index (χ3n) is 11.9. The molecule has 9 aromatic rings. The number of nitro benzene ring substituents is 1. The maximum Gasteiger partial charge on any atom is 0.342 e. The van der Waals surface area contributed by atoms with Crippen LogP contribution in [0.4, 0.5) is 5.69 Å². The fourth-order valence-electron chi connectivity index (χ4n) is 7.71. The van der Waals surface area contributed by atoms with Gasteiger partial charge in [-0.2, -0.15) is 0 Å². The van der Waals surface area contributed by atoms with Crippen LogP contribution in [0.1, 0.15) is 41.7 Å². The average Bonchev–Trinajstić information content (AvgIpc) is 1.61. The third kappa shape index (κ3) is 30.1. The van der Waals surface area contributed by atoms with Crippen molar-refractivity contribution in [2.24, 2.45) is 0 Å². The first-order valence-electron chi connectivity index (χ1n) is 26.8. The van der Waals surface area contributed by atoms with E-state index >= 15 is 0 Å². The van der Waals surface area contributed by atoms with Gasteiger partial charge < -0.3 is 5.11 Å². The minimum absolute atomic E-state index is 0.0322. The number of alkyl halides is 1. The molecular formula is C67H69BrI8N2O16S. The van der Waals surface area contributed by atoms with Gasteiger partial charge in [0.2, 0.25) is 0 Å². The Hall–Kier alpha value is -4.15. The van der Waals surface area contributed by atoms with E-state index in [0.717, 1.165) is 39.7 Å². The summed E-state index contributed by atoms with van der Waals surface area (Å²) in [4.78, 5) is 15.6. The molecular weight excluding hydrogens is 2220 g/mol. The topological polar surface area (TPSA) is 290 Å². The number of aromatic nitrogens is 1. The van der Waals surface area contributed by atoms with Crippen LogP contribution in [-0.4, -0.2) is 57.2 Å². The van der Waals surface area contributed by atoms with E-state index in [1.165, 1.54) is 53.1 Å². The van der Waals surface area contributed by atoms with Gasteiger partial charge in [0.1, 0.15) is 100 Å². The minimum Gasteiger partial charge on any atom is -0.256 e. The molecule has 0 saturated carbocycles. The molecule has 1 aliphatic rings. The normalized spacial score (nSPS) is 13.9. The number of rotatable bonds is 11. The van der Waals surface area contributed by atoms with Gasteiger partial charge in [0, 0.05) is 42.8 Å². The summed E-state index contributed by atoms with van der Waals surface area (Å²) in [6, 6.07) is 60.0. The number of aryl methyl sites for hydroxylation is 3. The van der Waals surface area contributed by atoms with Gasteiger partial charge in [-0.25, -0.2) is 20.7 Å². The Kier molecular flexibility index (Phi) is 37.7. The van der Waals surface area contributed by atoms with E-state index in [4.69, 9.17) is 8.17 Å². The van der Waals surface area contributed by atoms with E-state index in [1.807, 2.05) is 132 Å². The van der Waals surface area contributed by atoms with Crippen molar-refractivity contribution in [3.8, 4) is 11.3 Å². The van der Waals surface area contributed by atoms with E-state index in [1.54, 1.807) is 77.9 Å². The molecule has 28 heteroatoms. The van der Waals surface area contributed by atoms with Crippen LogP contribution in [0.25, 0.3) is 11.3 Å². The number of para-hydroxylation sites is 1. The molecule has 0 bridgehead atoms. The molecule has 10 rings (SSSR count). The van der Waals surface area contributed by atoms with Crippen LogP contribution in [0, 0.1) is 59.4 Å². The number of fused-ring (bicyclic) bond motifs is 1. The molecule has 2 heterocycles. The number of nitro groups is 1. The average molecular weight is 2290 g/mol. The number of hydrogen-bond acceptors (Lipinski definition) is 17. The number of aliphatic hydroxyl groups is 1. The van der Waals surface area contributed by atoms with Crippen molar-refractivity contribution in [2.75, 3.05) is 11.2 Å². The zero-order chi connectivity index (χ0) is 71.4. The molecule has 1 aromatic heterocycles. The van der Waals surface area contributed by atoms with Crippen molar-refractivity contribution in [3.05, 3.63) is 283 Å². The molecule has 0 saturated heterocycles. The molecule has 18 nitrogen and oxygen atoms in total. The number of nitrogens with zero attached hydrogens (tertiary/aromatic N) is 2. The molecule has 1 atom stereocenters. The SMILES string of the molecule is C=I(=O)c1cc(C)cc(C)c1.C=I(=O)c1ccc(C)cc1.C=I(=O)c1ccc(CO)cc1.C=I(=O)c1cccc(Br)c1.C=I(=O)c1ccccc1[N+](=O)[O-].CC1(C)OI(C)(=O)c2ccccc21.CS(=O)(=O)c1ccccc1I(=O)=O.O=I(=O)c1ccccc1-c1ccccn1. The Labute approximate surface area is 614 Å². The van der Waals surface area contributed by atoms with E-state index < -0.39 is 170 Å². The van der Waals surface area contributed by atoms with Crippen LogP contribution in [0.15, 0.2) is 222 Å². The van der Waals surface area contributed by atoms with Gasteiger partial charge in [-0.05, 0) is 151 Å². The molecule has 0 amide bonds. The molecule has 512 valence electrons. The van der Waals surface area contributed by atoms with E-state index in [2.05, 4.69) is 49.6 Å². The summed E-state index contributed by atoms with van der Waals surface area (Å²) >= 11 is -18.9. The van der Waals surface area contributed by atoms with Gasteiger partial charge in [0.15, 0.2) is 9.84 Å². The Morgan fingerprint density at radius 1 is 0.547 bits per heavy atom. The summed E-state index contributed by atoms with van der Waals surface area (Å²) in [6.45, 7) is 10.0. The van der Waals surface area contributed by atoms with Gasteiger partial charge in [0.05, 0.1) is 29.3 Å². The van der Waals surface area contributed by atoms with Crippen molar-refractivity contribution in [2.45, 2.75) is 51.7 Å². The van der Waals surface area contributed by atoms with Gasteiger partial charge in [-0.3, -0.25) is 30.4 Å². The van der Waals surface area contributed by atoms with Crippen molar-refractivity contribution in [1.82, 2.24) is 4.98 Å². The first-order chi connectivity index (χ1) is 44.5. The Morgan fingerprint density at radius 2 is 1.02 bits per heavy atom. The summed E-state index contributed by atoms with van der Waals surface area (Å²) in [5.41, 5.74) is 6.38. The van der Waals surface area contributed by atoms with Crippen LogP contribution in [-0.2, 0) is 55.8 Å². The Morgan fingerprint density at radius 3 is 1.45 bits per heavy atom. The van der Waals surface area contributed by atoms with Gasteiger partial charge in [-0.1, -0.05) is 106 Å². The van der Waals surface area contributed by atoms with E-state index in [-0.39, 0.29) is 29.9 Å². The second-order valence-electron chi connectivity index (χ2n) is 19.7. The standard InChI is InChI=1S/C11H8INO2.C10H13IO2.C9H11IO.C8H9IO2.C8H9IO.C7H6BrIO.C7H6INO3.C7H7IO4S/c14-12(15)10-6-2-1-5-9(10)11-7-3-4-8-13-11;1-10(2)8-6-4-5-7-9(8)11(3,12)13-10;1-7-4-8(2)6-9(5-7)10(3)11;1-9(11)8-4-2-7(6-10)3-5-8;1-7-3-5-8(6-4-7)9(2)10;1-9(10)7-4-2-3-6(8)5-7;1-8(10)6-4-2-3-5-7(6)9(11)12;1-13(11,12)7-5-3-2-4-6(7)8(9)10/h1-8H;4-7H,1-3H3;4-6H,3H2,1-2H3;2-5,10H,1,6H2;3-6H,2H2,1H3;2-5H,1H2;2-5H,1H2;2-5H,1H3. The molecule has 0 radical (unpaired) electrons. The third-order valence-corrected chi connectivity index (χ3v) is 33.2. The number of hydrogen-bond donors (Lipinski definition) is 1.